The van der Waals surface area contributed by atoms with E-state index < -0.39 is 0 Å². The van der Waals surface area contributed by atoms with Crippen molar-refractivity contribution in [3.05, 3.63) is 11.1 Å². The Morgan fingerprint density at radius 3 is 0.500 bits per heavy atom. The summed E-state index contributed by atoms with van der Waals surface area (Å²) in [5.74, 6) is 0. The SMILES string of the molecule is CCCCCCCCCCC(CCCCCCCCCC)=C(CCCCCCCCCC)CCCCCCCCCC. The molecule has 0 aliphatic heterocycles. The molecule has 0 rings (SSSR count). The van der Waals surface area contributed by atoms with E-state index in [2.05, 4.69) is 27.7 Å². The van der Waals surface area contributed by atoms with Gasteiger partial charge < -0.3 is 0 Å². The third kappa shape index (κ3) is 31.2. The summed E-state index contributed by atoms with van der Waals surface area (Å²) >= 11 is 0. The van der Waals surface area contributed by atoms with Gasteiger partial charge in [0.2, 0.25) is 0 Å². The molecule has 252 valence electrons. The van der Waals surface area contributed by atoms with E-state index >= 15 is 0 Å². The summed E-state index contributed by atoms with van der Waals surface area (Å²) in [6, 6.07) is 0. The van der Waals surface area contributed by atoms with Gasteiger partial charge in [0.05, 0.1) is 0 Å². The molecule has 0 atom stereocenters. The Hall–Kier alpha value is -0.260. The van der Waals surface area contributed by atoms with E-state index in [-0.39, 0.29) is 0 Å². The van der Waals surface area contributed by atoms with Crippen LogP contribution >= 0.6 is 0 Å². The van der Waals surface area contributed by atoms with Crippen LogP contribution in [0, 0.1) is 0 Å². The summed E-state index contributed by atoms with van der Waals surface area (Å²) in [4.78, 5) is 0. The fourth-order valence-corrected chi connectivity index (χ4v) is 6.85. The van der Waals surface area contributed by atoms with Crippen molar-refractivity contribution in [1.82, 2.24) is 0 Å². The van der Waals surface area contributed by atoms with Crippen molar-refractivity contribution >= 4 is 0 Å². The summed E-state index contributed by atoms with van der Waals surface area (Å²) in [6.07, 6.45) is 52.1. The predicted molar refractivity (Wildman–Crippen MR) is 196 cm³/mol. The lowest BCUT2D eigenvalue weighted by Gasteiger charge is -2.17. The van der Waals surface area contributed by atoms with Crippen molar-refractivity contribution in [2.75, 3.05) is 0 Å². The van der Waals surface area contributed by atoms with Crippen molar-refractivity contribution in [2.45, 2.75) is 259 Å². The maximum Gasteiger partial charge on any atom is -0.0318 e. The Bertz CT molecular complexity index is 424. The molecule has 0 aliphatic rings. The van der Waals surface area contributed by atoms with E-state index in [0.717, 1.165) is 0 Å². The first kappa shape index (κ1) is 41.7. The van der Waals surface area contributed by atoms with Crippen molar-refractivity contribution < 1.29 is 0 Å². The first-order valence-corrected chi connectivity index (χ1v) is 20.5. The summed E-state index contributed by atoms with van der Waals surface area (Å²) in [5, 5.41) is 0. The molecule has 0 N–H and O–H groups in total. The highest BCUT2D eigenvalue weighted by atomic mass is 14.2. The lowest BCUT2D eigenvalue weighted by atomic mass is 9.89. The number of hydrogen-bond acceptors (Lipinski definition) is 0. The van der Waals surface area contributed by atoms with Crippen LogP contribution in [0.2, 0.25) is 0 Å². The smallest absolute Gasteiger partial charge is 0.0318 e. The highest BCUT2D eigenvalue weighted by Gasteiger charge is 2.09. The zero-order valence-corrected chi connectivity index (χ0v) is 30.5. The van der Waals surface area contributed by atoms with Crippen molar-refractivity contribution in [3.63, 3.8) is 0 Å². The highest BCUT2D eigenvalue weighted by molar-refractivity contribution is 5.15. The molecule has 0 aliphatic carbocycles. The third-order valence-corrected chi connectivity index (χ3v) is 9.83. The van der Waals surface area contributed by atoms with Gasteiger partial charge in [0.25, 0.3) is 0 Å². The standard InChI is InChI=1S/C42H84/c1-5-9-13-17-21-25-29-33-37-41(38-34-30-26-22-18-14-10-6-2)42(39-35-31-27-23-19-15-11-7-3)40-36-32-28-24-20-16-12-8-4/h5-40H2,1-4H3. The van der Waals surface area contributed by atoms with Crippen LogP contribution < -0.4 is 0 Å². The first-order chi connectivity index (χ1) is 20.8. The molecular weight excluding hydrogens is 504 g/mol. The minimum atomic E-state index is 1.37. The average Bonchev–Trinajstić information content (AvgIpc) is 3.00. The summed E-state index contributed by atoms with van der Waals surface area (Å²) in [5.41, 5.74) is 3.88. The molecule has 0 saturated heterocycles. The van der Waals surface area contributed by atoms with Crippen LogP contribution in [0.1, 0.15) is 259 Å². The Morgan fingerprint density at radius 2 is 0.333 bits per heavy atom. The molecule has 0 spiro atoms. The van der Waals surface area contributed by atoms with Gasteiger partial charge in [-0.1, -0.05) is 219 Å². The van der Waals surface area contributed by atoms with Crippen LogP contribution in [0.25, 0.3) is 0 Å². The topological polar surface area (TPSA) is 0 Å². The molecule has 0 nitrogen and oxygen atoms in total. The lowest BCUT2D eigenvalue weighted by molar-refractivity contribution is 0.545. The number of unbranched alkanes of at least 4 members (excludes halogenated alkanes) is 28. The van der Waals surface area contributed by atoms with Crippen molar-refractivity contribution in [3.8, 4) is 0 Å². The molecule has 0 heterocycles. The molecule has 0 aromatic rings. The largest absolute Gasteiger partial charge is 0.0710 e. The summed E-state index contributed by atoms with van der Waals surface area (Å²) in [7, 11) is 0. The van der Waals surface area contributed by atoms with Gasteiger partial charge in [-0.3, -0.25) is 0 Å². The Labute approximate surface area is 269 Å². The monoisotopic (exact) mass is 589 g/mol. The fraction of sp³-hybridized carbons (Fsp3) is 0.952. The van der Waals surface area contributed by atoms with Crippen LogP contribution in [-0.4, -0.2) is 0 Å². The van der Waals surface area contributed by atoms with Crippen LogP contribution in [0.4, 0.5) is 0 Å². The average molecular weight is 589 g/mol. The second-order valence-corrected chi connectivity index (χ2v) is 14.1. The van der Waals surface area contributed by atoms with E-state index in [1.165, 1.54) is 231 Å². The van der Waals surface area contributed by atoms with E-state index in [4.69, 9.17) is 0 Å². The Kier molecular flexibility index (Phi) is 36.7. The molecule has 0 fully saturated rings. The maximum absolute atomic E-state index is 2.33. The Morgan fingerprint density at radius 1 is 0.190 bits per heavy atom. The first-order valence-electron chi connectivity index (χ1n) is 20.5. The lowest BCUT2D eigenvalue weighted by Crippen LogP contribution is -1.97. The molecule has 0 saturated carbocycles. The second kappa shape index (κ2) is 36.9. The summed E-state index contributed by atoms with van der Waals surface area (Å²) < 4.78 is 0. The molecule has 0 heteroatoms. The molecule has 0 aromatic heterocycles. The zero-order chi connectivity index (χ0) is 30.6. The molecular formula is C42H84. The van der Waals surface area contributed by atoms with Crippen molar-refractivity contribution in [2.24, 2.45) is 0 Å². The van der Waals surface area contributed by atoms with Crippen LogP contribution in [0.5, 0.6) is 0 Å². The highest BCUT2D eigenvalue weighted by Crippen LogP contribution is 2.29. The molecule has 0 radical (unpaired) electrons. The second-order valence-electron chi connectivity index (χ2n) is 14.1. The number of hydrogen-bond donors (Lipinski definition) is 0. The number of allylic oxidation sites excluding steroid dienone is 2. The van der Waals surface area contributed by atoms with E-state index in [9.17, 15) is 0 Å². The minimum Gasteiger partial charge on any atom is -0.0710 e. The molecule has 0 unspecified atom stereocenters. The van der Waals surface area contributed by atoms with Gasteiger partial charge in [-0.05, 0) is 51.4 Å². The van der Waals surface area contributed by atoms with Crippen LogP contribution in [0.15, 0.2) is 11.1 Å². The molecule has 0 aromatic carbocycles. The van der Waals surface area contributed by atoms with Gasteiger partial charge in [-0.15, -0.1) is 0 Å². The molecule has 0 bridgehead atoms. The van der Waals surface area contributed by atoms with Crippen LogP contribution in [-0.2, 0) is 0 Å². The molecule has 0 amide bonds. The van der Waals surface area contributed by atoms with Gasteiger partial charge in [-0.2, -0.15) is 0 Å². The van der Waals surface area contributed by atoms with Gasteiger partial charge in [0.15, 0.2) is 0 Å². The predicted octanol–water partition coefficient (Wildman–Crippen LogP) is 16.4. The quantitative estimate of drug-likeness (QED) is 0.0504. The third-order valence-electron chi connectivity index (χ3n) is 9.83. The van der Waals surface area contributed by atoms with Gasteiger partial charge >= 0.3 is 0 Å². The fourth-order valence-electron chi connectivity index (χ4n) is 6.85. The van der Waals surface area contributed by atoms with E-state index in [0.29, 0.717) is 0 Å². The van der Waals surface area contributed by atoms with Crippen molar-refractivity contribution in [1.29, 1.82) is 0 Å². The van der Waals surface area contributed by atoms with Gasteiger partial charge in [0, 0.05) is 0 Å². The molecule has 42 heavy (non-hydrogen) atoms. The zero-order valence-electron chi connectivity index (χ0n) is 30.5. The number of rotatable bonds is 36. The van der Waals surface area contributed by atoms with Gasteiger partial charge in [-0.25, -0.2) is 0 Å². The van der Waals surface area contributed by atoms with E-state index in [1.807, 2.05) is 11.1 Å². The summed E-state index contributed by atoms with van der Waals surface area (Å²) in [6.45, 7) is 9.33. The van der Waals surface area contributed by atoms with Gasteiger partial charge in [0.1, 0.15) is 0 Å². The minimum absolute atomic E-state index is 1.37. The maximum atomic E-state index is 2.33. The normalized spacial score (nSPS) is 11.4. The van der Waals surface area contributed by atoms with E-state index in [1.54, 1.807) is 0 Å². The Balaban J connectivity index is 4.90. The van der Waals surface area contributed by atoms with Crippen LogP contribution in [0.3, 0.4) is 0 Å².